The molecule has 1 unspecified atom stereocenters. The second kappa shape index (κ2) is 7.45. The summed E-state index contributed by atoms with van der Waals surface area (Å²) in [5, 5.41) is 0. The van der Waals surface area contributed by atoms with Crippen LogP contribution in [-0.4, -0.2) is 25.1 Å². The minimum Gasteiger partial charge on any atom is -0.496 e. The van der Waals surface area contributed by atoms with E-state index in [0.717, 1.165) is 36.4 Å². The molecule has 4 heteroatoms. The number of alkyl halides is 1. The fourth-order valence-corrected chi connectivity index (χ4v) is 3.81. The van der Waals surface area contributed by atoms with Crippen LogP contribution in [0.3, 0.4) is 0 Å². The molecular formula is C19H19FINO. The van der Waals surface area contributed by atoms with Gasteiger partial charge < -0.3 is 4.74 Å². The first-order valence-electron chi connectivity index (χ1n) is 7.65. The average molecular weight is 423 g/mol. The standard InChI is InChI=1S/C19H19FINO/c1-23-18-8-7-16(20)13-17(18)14-9-11-22(12-10-14)19(21)15-5-3-2-4-6-15/h2-9,13,19H,10-12H2,1H3. The highest BCUT2D eigenvalue weighted by Crippen LogP contribution is 2.35. The molecule has 0 amide bonds. The minimum atomic E-state index is -0.222. The summed E-state index contributed by atoms with van der Waals surface area (Å²) in [6, 6.07) is 15.2. The largest absolute Gasteiger partial charge is 0.496 e. The van der Waals surface area contributed by atoms with Crippen molar-refractivity contribution in [1.82, 2.24) is 4.90 Å². The smallest absolute Gasteiger partial charge is 0.126 e. The van der Waals surface area contributed by atoms with Gasteiger partial charge in [0.1, 0.15) is 11.6 Å². The summed E-state index contributed by atoms with van der Waals surface area (Å²) in [6.45, 7) is 1.81. The van der Waals surface area contributed by atoms with Crippen molar-refractivity contribution in [3.05, 3.63) is 71.6 Å². The van der Waals surface area contributed by atoms with Gasteiger partial charge in [-0.05, 0) is 35.8 Å². The molecule has 0 fully saturated rings. The normalized spacial score (nSPS) is 16.7. The Morgan fingerprint density at radius 2 is 1.96 bits per heavy atom. The molecule has 2 aromatic rings. The summed E-state index contributed by atoms with van der Waals surface area (Å²) < 4.78 is 19.3. The van der Waals surface area contributed by atoms with Gasteiger partial charge in [0.25, 0.3) is 0 Å². The van der Waals surface area contributed by atoms with Crippen molar-refractivity contribution in [2.24, 2.45) is 0 Å². The Balaban J connectivity index is 1.77. The Labute approximate surface area is 150 Å². The second-order valence-corrected chi connectivity index (χ2v) is 6.75. The van der Waals surface area contributed by atoms with Crippen LogP contribution in [0.15, 0.2) is 54.6 Å². The number of rotatable bonds is 4. The average Bonchev–Trinajstić information content (AvgIpc) is 2.62. The molecule has 3 rings (SSSR count). The van der Waals surface area contributed by atoms with Crippen molar-refractivity contribution < 1.29 is 9.13 Å². The van der Waals surface area contributed by atoms with Crippen molar-refractivity contribution in [2.45, 2.75) is 10.5 Å². The fourth-order valence-electron chi connectivity index (χ4n) is 2.89. The predicted octanol–water partition coefficient (Wildman–Crippen LogP) is 5.06. The summed E-state index contributed by atoms with van der Waals surface area (Å²) in [5.41, 5.74) is 3.35. The molecule has 0 spiro atoms. The lowest BCUT2D eigenvalue weighted by atomic mass is 9.98. The van der Waals surface area contributed by atoms with E-state index in [-0.39, 0.29) is 5.82 Å². The van der Waals surface area contributed by atoms with Gasteiger partial charge >= 0.3 is 0 Å². The van der Waals surface area contributed by atoms with Crippen molar-refractivity contribution in [3.63, 3.8) is 0 Å². The van der Waals surface area contributed by atoms with Crippen LogP contribution in [0.4, 0.5) is 4.39 Å². The van der Waals surface area contributed by atoms with E-state index in [0.29, 0.717) is 4.05 Å². The Morgan fingerprint density at radius 1 is 1.17 bits per heavy atom. The number of hydrogen-bond donors (Lipinski definition) is 0. The Kier molecular flexibility index (Phi) is 5.33. The molecule has 0 N–H and O–H groups in total. The molecule has 0 saturated carbocycles. The van der Waals surface area contributed by atoms with Crippen LogP contribution in [0, 0.1) is 5.82 Å². The first-order valence-corrected chi connectivity index (χ1v) is 8.89. The SMILES string of the molecule is COc1ccc(F)cc1C1=CCN(C(I)c2ccccc2)CC1. The molecular weight excluding hydrogens is 404 g/mol. The highest BCUT2D eigenvalue weighted by Gasteiger charge is 2.21. The monoisotopic (exact) mass is 423 g/mol. The van der Waals surface area contributed by atoms with E-state index in [9.17, 15) is 4.39 Å². The molecule has 1 atom stereocenters. The summed E-state index contributed by atoms with van der Waals surface area (Å²) in [4.78, 5) is 2.42. The van der Waals surface area contributed by atoms with Crippen LogP contribution >= 0.6 is 22.6 Å². The maximum atomic E-state index is 13.6. The van der Waals surface area contributed by atoms with Gasteiger partial charge in [-0.1, -0.05) is 59.0 Å². The summed E-state index contributed by atoms with van der Waals surface area (Å²) >= 11 is 2.48. The van der Waals surface area contributed by atoms with Gasteiger partial charge in [-0.2, -0.15) is 0 Å². The van der Waals surface area contributed by atoms with Crippen LogP contribution in [0.5, 0.6) is 5.75 Å². The van der Waals surface area contributed by atoms with Crippen molar-refractivity contribution >= 4 is 28.2 Å². The topological polar surface area (TPSA) is 12.5 Å². The predicted molar refractivity (Wildman–Crippen MR) is 100 cm³/mol. The van der Waals surface area contributed by atoms with Gasteiger partial charge in [0.2, 0.25) is 0 Å². The summed E-state index contributed by atoms with van der Waals surface area (Å²) in [7, 11) is 1.63. The molecule has 0 bridgehead atoms. The molecule has 0 aliphatic carbocycles. The number of hydrogen-bond acceptors (Lipinski definition) is 2. The van der Waals surface area contributed by atoms with Crippen LogP contribution < -0.4 is 4.74 Å². The zero-order valence-corrected chi connectivity index (χ0v) is 15.2. The first-order chi connectivity index (χ1) is 11.2. The van der Waals surface area contributed by atoms with Gasteiger partial charge in [0.15, 0.2) is 0 Å². The third kappa shape index (κ3) is 3.75. The number of ether oxygens (including phenoxy) is 1. The zero-order valence-electron chi connectivity index (χ0n) is 13.0. The van der Waals surface area contributed by atoms with E-state index in [1.165, 1.54) is 11.6 Å². The molecule has 1 heterocycles. The third-order valence-corrected chi connectivity index (χ3v) is 5.65. The van der Waals surface area contributed by atoms with Gasteiger partial charge in [-0.25, -0.2) is 4.39 Å². The molecule has 0 radical (unpaired) electrons. The molecule has 0 aromatic heterocycles. The number of methoxy groups -OCH3 is 1. The Hall–Kier alpha value is -1.40. The molecule has 1 aliphatic heterocycles. The first kappa shape index (κ1) is 16.5. The van der Waals surface area contributed by atoms with Gasteiger partial charge in [-0.3, -0.25) is 4.90 Å². The maximum Gasteiger partial charge on any atom is 0.126 e. The molecule has 1 aliphatic rings. The quantitative estimate of drug-likeness (QED) is 0.388. The minimum absolute atomic E-state index is 0.222. The van der Waals surface area contributed by atoms with Crippen molar-refractivity contribution in [2.75, 3.05) is 20.2 Å². The third-order valence-electron chi connectivity index (χ3n) is 4.14. The Morgan fingerprint density at radius 3 is 2.61 bits per heavy atom. The fraction of sp³-hybridized carbons (Fsp3) is 0.263. The molecule has 23 heavy (non-hydrogen) atoms. The molecule has 0 saturated heterocycles. The zero-order chi connectivity index (χ0) is 16.2. The van der Waals surface area contributed by atoms with E-state index in [1.807, 2.05) is 6.07 Å². The maximum absolute atomic E-state index is 13.6. The van der Waals surface area contributed by atoms with E-state index in [4.69, 9.17) is 4.74 Å². The molecule has 2 nitrogen and oxygen atoms in total. The van der Waals surface area contributed by atoms with Crippen LogP contribution in [0.25, 0.3) is 5.57 Å². The lowest BCUT2D eigenvalue weighted by Gasteiger charge is -2.31. The van der Waals surface area contributed by atoms with Crippen LogP contribution in [0.1, 0.15) is 21.6 Å². The van der Waals surface area contributed by atoms with E-state index in [1.54, 1.807) is 19.2 Å². The number of benzene rings is 2. The van der Waals surface area contributed by atoms with Crippen LogP contribution in [0.2, 0.25) is 0 Å². The van der Waals surface area contributed by atoms with Gasteiger partial charge in [0, 0.05) is 18.7 Å². The van der Waals surface area contributed by atoms with E-state index < -0.39 is 0 Å². The lowest BCUT2D eigenvalue weighted by Crippen LogP contribution is -2.29. The highest BCUT2D eigenvalue weighted by molar-refractivity contribution is 14.1. The van der Waals surface area contributed by atoms with Gasteiger partial charge in [0.05, 0.1) is 11.2 Å². The highest BCUT2D eigenvalue weighted by atomic mass is 127. The van der Waals surface area contributed by atoms with E-state index >= 15 is 0 Å². The number of halogens is 2. The number of nitrogens with zero attached hydrogens (tertiary/aromatic N) is 1. The summed E-state index contributed by atoms with van der Waals surface area (Å²) in [6.07, 6.45) is 3.08. The Bertz CT molecular complexity index is 702. The van der Waals surface area contributed by atoms with Crippen molar-refractivity contribution in [1.29, 1.82) is 0 Å². The summed E-state index contributed by atoms with van der Waals surface area (Å²) in [5.74, 6) is 0.514. The molecule has 120 valence electrons. The van der Waals surface area contributed by atoms with Crippen LogP contribution in [-0.2, 0) is 0 Å². The van der Waals surface area contributed by atoms with E-state index in [2.05, 4.69) is 57.8 Å². The van der Waals surface area contributed by atoms with Gasteiger partial charge in [-0.15, -0.1) is 0 Å². The lowest BCUT2D eigenvalue weighted by molar-refractivity contribution is 0.297. The molecule has 2 aromatic carbocycles. The second-order valence-electron chi connectivity index (χ2n) is 5.57. The van der Waals surface area contributed by atoms with Crippen molar-refractivity contribution in [3.8, 4) is 5.75 Å².